The maximum Gasteiger partial charge on any atom is 0.238 e. The van der Waals surface area contributed by atoms with E-state index in [-0.39, 0.29) is 0 Å². The van der Waals surface area contributed by atoms with Gasteiger partial charge < -0.3 is 15.2 Å². The molecular weight excluding hydrogens is 236 g/mol. The van der Waals surface area contributed by atoms with Crippen molar-refractivity contribution in [2.45, 2.75) is 23.1 Å². The third-order valence-corrected chi connectivity index (χ3v) is 3.99. The number of nitrogen functional groups attached to an aromatic ring is 1. The molecule has 2 heterocycles. The Balaban J connectivity index is 1.64. The van der Waals surface area contributed by atoms with Gasteiger partial charge in [-0.2, -0.15) is 0 Å². The second-order valence-electron chi connectivity index (χ2n) is 4.58. The van der Waals surface area contributed by atoms with Crippen LogP contribution in [0.3, 0.4) is 0 Å². The van der Waals surface area contributed by atoms with Crippen molar-refractivity contribution >= 4 is 17.4 Å². The molecule has 1 aromatic rings. The average Bonchev–Trinajstić information content (AvgIpc) is 3.07. The van der Waals surface area contributed by atoms with E-state index in [4.69, 9.17) is 15.2 Å². The summed E-state index contributed by atoms with van der Waals surface area (Å²) in [5, 5.41) is 1.50. The van der Waals surface area contributed by atoms with Crippen LogP contribution in [0.4, 0.5) is 5.69 Å². The van der Waals surface area contributed by atoms with E-state index in [1.807, 2.05) is 12.1 Å². The molecule has 92 valence electrons. The van der Waals surface area contributed by atoms with Crippen molar-refractivity contribution in [1.82, 2.24) is 4.98 Å². The smallest absolute Gasteiger partial charge is 0.238 e. The van der Waals surface area contributed by atoms with E-state index in [9.17, 15) is 0 Å². The summed E-state index contributed by atoms with van der Waals surface area (Å²) in [6, 6.07) is 3.82. The van der Waals surface area contributed by atoms with Gasteiger partial charge in [-0.05, 0) is 30.9 Å². The number of nitrogens with two attached hydrogens (primary N) is 1. The number of nitrogens with zero attached hydrogens (tertiary/aromatic N) is 1. The lowest BCUT2D eigenvalue weighted by Crippen LogP contribution is -2.30. The van der Waals surface area contributed by atoms with Gasteiger partial charge in [-0.3, -0.25) is 0 Å². The highest BCUT2D eigenvalue weighted by Gasteiger charge is 2.23. The summed E-state index contributed by atoms with van der Waals surface area (Å²) >= 11 is 1.73. The second-order valence-corrected chi connectivity index (χ2v) is 5.90. The third kappa shape index (κ3) is 2.84. The monoisotopic (exact) mass is 252 g/mol. The number of hydrogen-bond acceptors (Lipinski definition) is 5. The van der Waals surface area contributed by atoms with Crippen molar-refractivity contribution in [3.63, 3.8) is 0 Å². The maximum atomic E-state index is 5.85. The van der Waals surface area contributed by atoms with Crippen molar-refractivity contribution in [3.05, 3.63) is 12.1 Å². The lowest BCUT2D eigenvalue weighted by Gasteiger charge is -2.24. The fourth-order valence-electron chi connectivity index (χ4n) is 1.55. The van der Waals surface area contributed by atoms with Gasteiger partial charge in [0.25, 0.3) is 0 Å². The Morgan fingerprint density at radius 3 is 2.88 bits per heavy atom. The maximum absolute atomic E-state index is 5.85. The first-order chi connectivity index (χ1) is 8.31. The van der Waals surface area contributed by atoms with E-state index in [1.54, 1.807) is 11.8 Å². The molecule has 0 atom stereocenters. The summed E-state index contributed by atoms with van der Waals surface area (Å²) in [6.45, 7) is 2.38. The first kappa shape index (κ1) is 11.2. The molecule has 17 heavy (non-hydrogen) atoms. The van der Waals surface area contributed by atoms with Crippen LogP contribution >= 0.6 is 11.8 Å². The first-order valence-electron chi connectivity index (χ1n) is 5.95. The predicted molar refractivity (Wildman–Crippen MR) is 67.3 cm³/mol. The highest BCUT2D eigenvalue weighted by atomic mass is 32.2. The summed E-state index contributed by atoms with van der Waals surface area (Å²) in [7, 11) is 0. The van der Waals surface area contributed by atoms with Crippen LogP contribution in [-0.4, -0.2) is 30.1 Å². The van der Waals surface area contributed by atoms with Crippen LogP contribution in [0, 0.1) is 5.92 Å². The van der Waals surface area contributed by atoms with Crippen LogP contribution in [0.15, 0.2) is 17.2 Å². The molecule has 1 aliphatic heterocycles. The van der Waals surface area contributed by atoms with E-state index in [1.165, 1.54) is 12.8 Å². The zero-order valence-corrected chi connectivity index (χ0v) is 10.4. The van der Waals surface area contributed by atoms with Gasteiger partial charge in [0, 0.05) is 0 Å². The van der Waals surface area contributed by atoms with Gasteiger partial charge in [-0.15, -0.1) is 0 Å². The van der Waals surface area contributed by atoms with Gasteiger partial charge in [-0.25, -0.2) is 4.98 Å². The number of thioether (sulfide) groups is 1. The summed E-state index contributed by atoms with van der Waals surface area (Å²) in [5.41, 5.74) is 6.48. The van der Waals surface area contributed by atoms with Crippen molar-refractivity contribution in [2.75, 3.05) is 25.6 Å². The molecule has 0 amide bonds. The Morgan fingerprint density at radius 2 is 2.24 bits per heavy atom. The molecule has 0 unspecified atom stereocenters. The molecule has 1 saturated heterocycles. The van der Waals surface area contributed by atoms with Crippen molar-refractivity contribution in [2.24, 2.45) is 5.92 Å². The summed E-state index contributed by atoms with van der Waals surface area (Å²) < 4.78 is 10.8. The van der Waals surface area contributed by atoms with Crippen molar-refractivity contribution < 1.29 is 9.47 Å². The minimum Gasteiger partial charge on any atom is -0.476 e. The lowest BCUT2D eigenvalue weighted by atomic mass is 10.4. The largest absolute Gasteiger partial charge is 0.476 e. The van der Waals surface area contributed by atoms with Crippen LogP contribution in [0.25, 0.3) is 0 Å². The zero-order valence-electron chi connectivity index (χ0n) is 9.59. The van der Waals surface area contributed by atoms with Gasteiger partial charge in [0.1, 0.15) is 5.03 Å². The number of hydrogen-bond donors (Lipinski definition) is 1. The van der Waals surface area contributed by atoms with Crippen molar-refractivity contribution in [3.8, 4) is 5.88 Å². The quantitative estimate of drug-likeness (QED) is 0.868. The molecule has 5 heteroatoms. The highest BCUT2D eigenvalue weighted by molar-refractivity contribution is 8.00. The summed E-state index contributed by atoms with van der Waals surface area (Å²) in [6.07, 6.45) is 2.54. The molecule has 0 bridgehead atoms. The first-order valence-corrected chi connectivity index (χ1v) is 6.83. The number of anilines is 1. The van der Waals surface area contributed by atoms with E-state index in [0.29, 0.717) is 22.7 Å². The summed E-state index contributed by atoms with van der Waals surface area (Å²) in [5.74, 6) is 1.30. The molecule has 2 fully saturated rings. The number of rotatable bonds is 5. The Labute approximate surface area is 105 Å². The van der Waals surface area contributed by atoms with Crippen molar-refractivity contribution in [1.29, 1.82) is 0 Å². The summed E-state index contributed by atoms with van der Waals surface area (Å²) in [4.78, 5) is 4.45. The SMILES string of the molecule is Nc1ccc(SC2COC2)nc1OCC1CC1. The molecule has 0 spiro atoms. The normalized spacial score (nSPS) is 20.0. The molecule has 0 radical (unpaired) electrons. The van der Waals surface area contributed by atoms with Crippen LogP contribution in [0.5, 0.6) is 5.88 Å². The van der Waals surface area contributed by atoms with Crippen LogP contribution in [0.1, 0.15) is 12.8 Å². The molecule has 1 aromatic heterocycles. The lowest BCUT2D eigenvalue weighted by molar-refractivity contribution is 0.0454. The minimum atomic E-state index is 0.530. The van der Waals surface area contributed by atoms with Crippen LogP contribution < -0.4 is 10.5 Å². The minimum absolute atomic E-state index is 0.530. The topological polar surface area (TPSA) is 57.4 Å². The van der Waals surface area contributed by atoms with E-state index in [2.05, 4.69) is 4.98 Å². The van der Waals surface area contributed by atoms with E-state index < -0.39 is 0 Å². The van der Waals surface area contributed by atoms with E-state index in [0.717, 1.165) is 24.8 Å². The Morgan fingerprint density at radius 1 is 1.41 bits per heavy atom. The van der Waals surface area contributed by atoms with Gasteiger partial charge in [-0.1, -0.05) is 11.8 Å². The molecule has 4 nitrogen and oxygen atoms in total. The molecule has 0 aromatic carbocycles. The van der Waals surface area contributed by atoms with Gasteiger partial charge in [0.2, 0.25) is 5.88 Å². The molecule has 2 aliphatic rings. The molecule has 2 N–H and O–H groups in total. The highest BCUT2D eigenvalue weighted by Crippen LogP contribution is 2.32. The van der Waals surface area contributed by atoms with Crippen LogP contribution in [-0.2, 0) is 4.74 Å². The fraction of sp³-hybridized carbons (Fsp3) is 0.583. The van der Waals surface area contributed by atoms with Crippen LogP contribution in [0.2, 0.25) is 0 Å². The predicted octanol–water partition coefficient (Wildman–Crippen LogP) is 1.94. The van der Waals surface area contributed by atoms with Gasteiger partial charge in [0.05, 0.1) is 30.8 Å². The average molecular weight is 252 g/mol. The third-order valence-electron chi connectivity index (χ3n) is 2.91. The van der Waals surface area contributed by atoms with Gasteiger partial charge in [0.15, 0.2) is 0 Å². The Hall–Kier alpha value is -0.940. The molecular formula is C12H16N2O2S. The Bertz CT molecular complexity index is 405. The molecule has 1 aliphatic carbocycles. The molecule has 1 saturated carbocycles. The van der Waals surface area contributed by atoms with Gasteiger partial charge >= 0.3 is 0 Å². The fourth-order valence-corrected chi connectivity index (χ4v) is 2.50. The zero-order chi connectivity index (χ0) is 11.7. The Kier molecular flexibility index (Phi) is 3.11. The van der Waals surface area contributed by atoms with E-state index >= 15 is 0 Å². The number of aromatic nitrogens is 1. The molecule has 3 rings (SSSR count). The second kappa shape index (κ2) is 4.74. The number of ether oxygens (including phenoxy) is 2. The number of pyridine rings is 1. The standard InChI is InChI=1S/C12H16N2O2S/c13-10-3-4-11(17-9-6-15-7-9)14-12(10)16-5-8-1-2-8/h3-4,8-9H,1-2,5-7,13H2.